The number of rotatable bonds is 5. The maximum absolute atomic E-state index is 12.6. The van der Waals surface area contributed by atoms with E-state index in [0.29, 0.717) is 23.8 Å². The van der Waals surface area contributed by atoms with E-state index in [9.17, 15) is 4.79 Å². The van der Waals surface area contributed by atoms with Gasteiger partial charge in [0, 0.05) is 19.0 Å². The SMILES string of the molecule is CCc1nnc(CN(C)C(=O)c2ccc(-c3ccc4c(c3)OCO4)cc2)o1. The number of nitrogens with zero attached hydrogens (tertiary/aromatic N) is 3. The molecule has 0 fully saturated rings. The molecule has 0 radical (unpaired) electrons. The molecule has 1 aliphatic heterocycles. The predicted octanol–water partition coefficient (Wildman–Crippen LogP) is 3.30. The lowest BCUT2D eigenvalue weighted by Gasteiger charge is -2.15. The second-order valence-electron chi connectivity index (χ2n) is 6.25. The summed E-state index contributed by atoms with van der Waals surface area (Å²) in [4.78, 5) is 14.2. The van der Waals surface area contributed by atoms with Gasteiger partial charge in [-0.15, -0.1) is 10.2 Å². The maximum Gasteiger partial charge on any atom is 0.254 e. The number of hydrogen-bond acceptors (Lipinski definition) is 6. The summed E-state index contributed by atoms with van der Waals surface area (Å²) < 4.78 is 16.2. The minimum Gasteiger partial charge on any atom is -0.454 e. The van der Waals surface area contributed by atoms with Crippen LogP contribution in [0.2, 0.25) is 0 Å². The zero-order chi connectivity index (χ0) is 18.8. The number of aromatic nitrogens is 2. The van der Waals surface area contributed by atoms with Crippen LogP contribution in [0.1, 0.15) is 29.1 Å². The van der Waals surface area contributed by atoms with Gasteiger partial charge in [-0.1, -0.05) is 25.1 Å². The highest BCUT2D eigenvalue weighted by Gasteiger charge is 2.17. The van der Waals surface area contributed by atoms with E-state index in [2.05, 4.69) is 10.2 Å². The molecule has 0 unspecified atom stereocenters. The standard InChI is InChI=1S/C20H19N3O4/c1-3-18-21-22-19(27-18)11-23(2)20(24)14-6-4-13(5-7-14)15-8-9-16-17(10-15)26-12-25-16/h4-10H,3,11-12H2,1-2H3. The quantitative estimate of drug-likeness (QED) is 0.690. The average Bonchev–Trinajstić information content (AvgIpc) is 3.35. The normalized spacial score (nSPS) is 12.2. The van der Waals surface area contributed by atoms with Crippen molar-refractivity contribution in [2.24, 2.45) is 0 Å². The van der Waals surface area contributed by atoms with Gasteiger partial charge in [-0.25, -0.2) is 0 Å². The van der Waals surface area contributed by atoms with Gasteiger partial charge in [0.25, 0.3) is 5.91 Å². The second kappa shape index (κ2) is 7.11. The second-order valence-corrected chi connectivity index (χ2v) is 6.25. The Morgan fingerprint density at radius 2 is 1.70 bits per heavy atom. The van der Waals surface area contributed by atoms with Gasteiger partial charge in [0.05, 0.1) is 6.54 Å². The van der Waals surface area contributed by atoms with Crippen molar-refractivity contribution in [3.8, 4) is 22.6 Å². The van der Waals surface area contributed by atoms with Crippen LogP contribution in [0.15, 0.2) is 46.9 Å². The van der Waals surface area contributed by atoms with E-state index < -0.39 is 0 Å². The average molecular weight is 365 g/mol. The first-order valence-corrected chi connectivity index (χ1v) is 8.71. The molecule has 2 aromatic carbocycles. The molecule has 4 rings (SSSR count). The lowest BCUT2D eigenvalue weighted by Crippen LogP contribution is -2.26. The van der Waals surface area contributed by atoms with Crippen molar-refractivity contribution in [1.29, 1.82) is 0 Å². The van der Waals surface area contributed by atoms with Crippen LogP contribution in [0.5, 0.6) is 11.5 Å². The molecule has 1 amide bonds. The van der Waals surface area contributed by atoms with Gasteiger partial charge >= 0.3 is 0 Å². The van der Waals surface area contributed by atoms with Gasteiger partial charge in [-0.3, -0.25) is 4.79 Å². The topological polar surface area (TPSA) is 77.7 Å². The summed E-state index contributed by atoms with van der Waals surface area (Å²) in [7, 11) is 1.71. The van der Waals surface area contributed by atoms with Crippen LogP contribution in [-0.4, -0.2) is 34.8 Å². The van der Waals surface area contributed by atoms with Crippen LogP contribution in [0, 0.1) is 0 Å². The van der Waals surface area contributed by atoms with Crippen molar-refractivity contribution in [3.05, 3.63) is 59.8 Å². The van der Waals surface area contributed by atoms with Crippen LogP contribution in [-0.2, 0) is 13.0 Å². The van der Waals surface area contributed by atoms with E-state index in [1.165, 1.54) is 0 Å². The largest absolute Gasteiger partial charge is 0.454 e. The number of carbonyl (C=O) groups is 1. The Labute approximate surface area is 156 Å². The van der Waals surface area contributed by atoms with Crippen molar-refractivity contribution in [2.45, 2.75) is 19.9 Å². The zero-order valence-corrected chi connectivity index (χ0v) is 15.1. The van der Waals surface area contributed by atoms with Gasteiger partial charge in [0.2, 0.25) is 18.6 Å². The summed E-state index contributed by atoms with van der Waals surface area (Å²) in [6, 6.07) is 13.2. The first-order valence-electron chi connectivity index (χ1n) is 8.71. The summed E-state index contributed by atoms with van der Waals surface area (Å²) in [5.41, 5.74) is 2.60. The Balaban J connectivity index is 1.47. The molecule has 1 aliphatic rings. The van der Waals surface area contributed by atoms with E-state index in [0.717, 1.165) is 22.6 Å². The van der Waals surface area contributed by atoms with Gasteiger partial charge in [0.15, 0.2) is 11.5 Å². The van der Waals surface area contributed by atoms with Crippen LogP contribution in [0.25, 0.3) is 11.1 Å². The zero-order valence-electron chi connectivity index (χ0n) is 15.1. The van der Waals surface area contributed by atoms with Crippen LogP contribution in [0.3, 0.4) is 0 Å². The Hall–Kier alpha value is -3.35. The minimum absolute atomic E-state index is 0.108. The van der Waals surface area contributed by atoms with Crippen molar-refractivity contribution in [1.82, 2.24) is 15.1 Å². The molecule has 7 heteroatoms. The van der Waals surface area contributed by atoms with Crippen molar-refractivity contribution >= 4 is 5.91 Å². The molecule has 3 aromatic rings. The lowest BCUT2D eigenvalue weighted by atomic mass is 10.0. The molecule has 2 heterocycles. The Kier molecular flexibility index (Phi) is 4.50. The molecular formula is C20H19N3O4. The summed E-state index contributed by atoms with van der Waals surface area (Å²) in [5, 5.41) is 7.87. The maximum atomic E-state index is 12.6. The summed E-state index contributed by atoms with van der Waals surface area (Å²) in [6.07, 6.45) is 0.673. The highest BCUT2D eigenvalue weighted by molar-refractivity contribution is 5.94. The van der Waals surface area contributed by atoms with Gasteiger partial charge in [0.1, 0.15) is 0 Å². The molecule has 0 N–H and O–H groups in total. The first kappa shape index (κ1) is 17.1. The molecule has 0 spiro atoms. The lowest BCUT2D eigenvalue weighted by molar-refractivity contribution is 0.0772. The molecule has 138 valence electrons. The van der Waals surface area contributed by atoms with Crippen LogP contribution >= 0.6 is 0 Å². The summed E-state index contributed by atoms with van der Waals surface area (Å²) in [5.74, 6) is 2.37. The Morgan fingerprint density at radius 3 is 2.44 bits per heavy atom. The minimum atomic E-state index is -0.108. The van der Waals surface area contributed by atoms with E-state index in [1.807, 2.05) is 49.4 Å². The molecule has 27 heavy (non-hydrogen) atoms. The van der Waals surface area contributed by atoms with Gasteiger partial charge in [-0.05, 0) is 35.4 Å². The fourth-order valence-corrected chi connectivity index (χ4v) is 2.87. The smallest absolute Gasteiger partial charge is 0.254 e. The van der Waals surface area contributed by atoms with Crippen molar-refractivity contribution in [3.63, 3.8) is 0 Å². The van der Waals surface area contributed by atoms with Crippen LogP contribution < -0.4 is 9.47 Å². The molecule has 7 nitrogen and oxygen atoms in total. The van der Waals surface area contributed by atoms with E-state index in [1.54, 1.807) is 11.9 Å². The summed E-state index contributed by atoms with van der Waals surface area (Å²) >= 11 is 0. The number of aryl methyl sites for hydroxylation is 1. The Bertz CT molecular complexity index is 966. The predicted molar refractivity (Wildman–Crippen MR) is 97.5 cm³/mol. The highest BCUT2D eigenvalue weighted by Crippen LogP contribution is 2.35. The third-order valence-corrected chi connectivity index (χ3v) is 4.37. The number of benzene rings is 2. The van der Waals surface area contributed by atoms with Gasteiger partial charge < -0.3 is 18.8 Å². The summed E-state index contributed by atoms with van der Waals surface area (Å²) in [6.45, 7) is 2.46. The van der Waals surface area contributed by atoms with Gasteiger partial charge in [-0.2, -0.15) is 0 Å². The van der Waals surface area contributed by atoms with E-state index >= 15 is 0 Å². The number of fused-ring (bicyclic) bond motifs is 1. The first-order chi connectivity index (χ1) is 13.1. The fourth-order valence-electron chi connectivity index (χ4n) is 2.87. The number of ether oxygens (including phenoxy) is 2. The third-order valence-electron chi connectivity index (χ3n) is 4.37. The van der Waals surface area contributed by atoms with E-state index in [-0.39, 0.29) is 19.2 Å². The molecular weight excluding hydrogens is 346 g/mol. The number of hydrogen-bond donors (Lipinski definition) is 0. The fraction of sp³-hybridized carbons (Fsp3) is 0.250. The molecule has 0 aliphatic carbocycles. The molecule has 0 bridgehead atoms. The highest BCUT2D eigenvalue weighted by atomic mass is 16.7. The molecule has 0 saturated carbocycles. The molecule has 1 aromatic heterocycles. The van der Waals surface area contributed by atoms with Crippen molar-refractivity contribution in [2.75, 3.05) is 13.8 Å². The number of carbonyl (C=O) groups excluding carboxylic acids is 1. The monoisotopic (exact) mass is 365 g/mol. The Morgan fingerprint density at radius 1 is 1.00 bits per heavy atom. The molecule has 0 atom stereocenters. The number of amides is 1. The van der Waals surface area contributed by atoms with Crippen LogP contribution in [0.4, 0.5) is 0 Å². The van der Waals surface area contributed by atoms with E-state index in [4.69, 9.17) is 13.9 Å². The van der Waals surface area contributed by atoms with Crippen molar-refractivity contribution < 1.29 is 18.7 Å². The third kappa shape index (κ3) is 3.48. The molecule has 0 saturated heterocycles.